The third kappa shape index (κ3) is 2.45. The maximum Gasteiger partial charge on any atom is 0.203 e. The zero-order valence-electron chi connectivity index (χ0n) is 8.21. The largest absolute Gasteiger partial charge is 0.504 e. The molecule has 0 fully saturated rings. The molecule has 0 spiro atoms. The molecule has 3 nitrogen and oxygen atoms in total. The van der Waals surface area contributed by atoms with Crippen molar-refractivity contribution in [1.29, 1.82) is 0 Å². The molecule has 1 aromatic rings. The molecule has 1 rings (SSSR count). The number of hydrogen-bond donors (Lipinski definition) is 1. The van der Waals surface area contributed by atoms with E-state index in [2.05, 4.69) is 0 Å². The summed E-state index contributed by atoms with van der Waals surface area (Å²) in [6, 6.07) is 3.05. The van der Waals surface area contributed by atoms with Crippen molar-refractivity contribution < 1.29 is 14.6 Å². The number of hydrogen-bond acceptors (Lipinski definition) is 3. The number of halogens is 1. The van der Waals surface area contributed by atoms with Crippen LogP contribution >= 0.6 is 11.6 Å². The van der Waals surface area contributed by atoms with Gasteiger partial charge in [0.2, 0.25) is 5.75 Å². The molecule has 0 aliphatic carbocycles. The standard InChI is InChI=1S/C10H13ClO3/c1-3-13-9-6-7(11)5-8(12)10(9)14-4-2/h5-6,12H,3-4H2,1-2H3. The van der Waals surface area contributed by atoms with Crippen LogP contribution in [0.3, 0.4) is 0 Å². The summed E-state index contributed by atoms with van der Waals surface area (Å²) in [7, 11) is 0. The first-order valence-corrected chi connectivity index (χ1v) is 4.85. The van der Waals surface area contributed by atoms with Crippen LogP contribution in [0.15, 0.2) is 12.1 Å². The summed E-state index contributed by atoms with van der Waals surface area (Å²) in [4.78, 5) is 0. The molecule has 0 amide bonds. The molecule has 0 heterocycles. The lowest BCUT2D eigenvalue weighted by atomic mass is 10.3. The number of benzene rings is 1. The zero-order valence-corrected chi connectivity index (χ0v) is 8.97. The first kappa shape index (κ1) is 11.0. The highest BCUT2D eigenvalue weighted by Gasteiger charge is 2.11. The van der Waals surface area contributed by atoms with Crippen LogP contribution in [0, 0.1) is 0 Å². The van der Waals surface area contributed by atoms with Crippen LogP contribution in [-0.2, 0) is 0 Å². The van der Waals surface area contributed by atoms with E-state index in [0.717, 1.165) is 0 Å². The van der Waals surface area contributed by atoms with Crippen LogP contribution < -0.4 is 9.47 Å². The number of ether oxygens (including phenoxy) is 2. The fourth-order valence-electron chi connectivity index (χ4n) is 1.11. The number of phenols is 1. The Morgan fingerprint density at radius 3 is 2.43 bits per heavy atom. The van der Waals surface area contributed by atoms with E-state index >= 15 is 0 Å². The van der Waals surface area contributed by atoms with Crippen LogP contribution in [0.4, 0.5) is 0 Å². The van der Waals surface area contributed by atoms with Crippen LogP contribution in [0.2, 0.25) is 5.02 Å². The molecule has 0 unspecified atom stereocenters. The minimum atomic E-state index is 0.00259. The van der Waals surface area contributed by atoms with E-state index < -0.39 is 0 Å². The molecule has 0 radical (unpaired) electrons. The second-order valence-corrected chi connectivity index (χ2v) is 3.05. The van der Waals surface area contributed by atoms with E-state index in [0.29, 0.717) is 29.7 Å². The van der Waals surface area contributed by atoms with E-state index in [1.807, 2.05) is 13.8 Å². The Balaban J connectivity index is 3.07. The molecule has 14 heavy (non-hydrogen) atoms. The Bertz CT molecular complexity index is 312. The fourth-order valence-corrected chi connectivity index (χ4v) is 1.31. The summed E-state index contributed by atoms with van der Waals surface area (Å²) in [6.07, 6.45) is 0. The van der Waals surface area contributed by atoms with Gasteiger partial charge in [-0.15, -0.1) is 0 Å². The van der Waals surface area contributed by atoms with Gasteiger partial charge in [0.05, 0.1) is 13.2 Å². The van der Waals surface area contributed by atoms with Gasteiger partial charge >= 0.3 is 0 Å². The average molecular weight is 217 g/mol. The molecule has 0 atom stereocenters. The minimum absolute atomic E-state index is 0.00259. The first-order valence-electron chi connectivity index (χ1n) is 4.47. The van der Waals surface area contributed by atoms with E-state index in [9.17, 15) is 5.11 Å². The van der Waals surface area contributed by atoms with Gasteiger partial charge in [0.25, 0.3) is 0 Å². The molecule has 0 bridgehead atoms. The summed E-state index contributed by atoms with van der Waals surface area (Å²) in [5.41, 5.74) is 0. The highest BCUT2D eigenvalue weighted by molar-refractivity contribution is 6.31. The van der Waals surface area contributed by atoms with Gasteiger partial charge in [0, 0.05) is 17.2 Å². The Morgan fingerprint density at radius 1 is 1.21 bits per heavy atom. The topological polar surface area (TPSA) is 38.7 Å². The third-order valence-corrected chi connectivity index (χ3v) is 1.81. The van der Waals surface area contributed by atoms with Crippen molar-refractivity contribution in [1.82, 2.24) is 0 Å². The summed E-state index contributed by atoms with van der Waals surface area (Å²) in [5, 5.41) is 9.97. The van der Waals surface area contributed by atoms with Crippen molar-refractivity contribution in [3.8, 4) is 17.2 Å². The van der Waals surface area contributed by atoms with Gasteiger partial charge in [0.1, 0.15) is 0 Å². The van der Waals surface area contributed by atoms with Crippen molar-refractivity contribution in [3.63, 3.8) is 0 Å². The number of phenolic OH excluding ortho intramolecular Hbond substituents is 1. The highest BCUT2D eigenvalue weighted by atomic mass is 35.5. The predicted octanol–water partition coefficient (Wildman–Crippen LogP) is 2.84. The van der Waals surface area contributed by atoms with Crippen LogP contribution in [-0.4, -0.2) is 18.3 Å². The fraction of sp³-hybridized carbons (Fsp3) is 0.400. The molecular formula is C10H13ClO3. The Morgan fingerprint density at radius 2 is 1.86 bits per heavy atom. The number of rotatable bonds is 4. The summed E-state index contributed by atoms with van der Waals surface area (Å²) < 4.78 is 10.5. The van der Waals surface area contributed by atoms with Gasteiger partial charge in [0.15, 0.2) is 11.5 Å². The molecule has 4 heteroatoms. The predicted molar refractivity (Wildman–Crippen MR) is 55.5 cm³/mol. The van der Waals surface area contributed by atoms with Crippen LogP contribution in [0.1, 0.15) is 13.8 Å². The van der Waals surface area contributed by atoms with Gasteiger partial charge in [-0.25, -0.2) is 0 Å². The first-order chi connectivity index (χ1) is 6.69. The molecule has 1 aromatic carbocycles. The molecule has 78 valence electrons. The van der Waals surface area contributed by atoms with Crippen LogP contribution in [0.5, 0.6) is 17.2 Å². The van der Waals surface area contributed by atoms with Gasteiger partial charge < -0.3 is 14.6 Å². The van der Waals surface area contributed by atoms with Crippen molar-refractivity contribution in [2.24, 2.45) is 0 Å². The van der Waals surface area contributed by atoms with Crippen molar-refractivity contribution in [2.75, 3.05) is 13.2 Å². The zero-order chi connectivity index (χ0) is 10.6. The molecule has 0 saturated heterocycles. The SMILES string of the molecule is CCOc1cc(Cl)cc(O)c1OCC. The van der Waals surface area contributed by atoms with Gasteiger partial charge in [-0.05, 0) is 13.8 Å². The Labute approximate surface area is 88.2 Å². The maximum atomic E-state index is 9.54. The van der Waals surface area contributed by atoms with Crippen molar-refractivity contribution in [2.45, 2.75) is 13.8 Å². The van der Waals surface area contributed by atoms with Crippen molar-refractivity contribution >= 4 is 11.6 Å². The molecule has 0 aliphatic heterocycles. The van der Waals surface area contributed by atoms with E-state index in [1.165, 1.54) is 6.07 Å². The summed E-state index contributed by atoms with van der Waals surface area (Å²) >= 11 is 5.76. The Kier molecular flexibility index (Phi) is 3.89. The normalized spacial score (nSPS) is 9.93. The third-order valence-electron chi connectivity index (χ3n) is 1.59. The van der Waals surface area contributed by atoms with E-state index in [-0.39, 0.29) is 5.75 Å². The van der Waals surface area contributed by atoms with E-state index in [4.69, 9.17) is 21.1 Å². The quantitative estimate of drug-likeness (QED) is 0.841. The maximum absolute atomic E-state index is 9.54. The van der Waals surface area contributed by atoms with Gasteiger partial charge in [-0.1, -0.05) is 11.6 Å². The molecule has 0 aromatic heterocycles. The van der Waals surface area contributed by atoms with Gasteiger partial charge in [-0.3, -0.25) is 0 Å². The lowest BCUT2D eigenvalue weighted by molar-refractivity contribution is 0.275. The molecule has 1 N–H and O–H groups in total. The van der Waals surface area contributed by atoms with Crippen LogP contribution in [0.25, 0.3) is 0 Å². The lowest BCUT2D eigenvalue weighted by Gasteiger charge is -2.12. The monoisotopic (exact) mass is 216 g/mol. The average Bonchev–Trinajstić information content (AvgIpc) is 2.11. The summed E-state index contributed by atoms with van der Waals surface area (Å²) in [6.45, 7) is 4.66. The highest BCUT2D eigenvalue weighted by Crippen LogP contribution is 2.39. The Hall–Kier alpha value is -1.09. The van der Waals surface area contributed by atoms with Crippen molar-refractivity contribution in [3.05, 3.63) is 17.2 Å². The second-order valence-electron chi connectivity index (χ2n) is 2.62. The molecule has 0 saturated carbocycles. The molecular weight excluding hydrogens is 204 g/mol. The minimum Gasteiger partial charge on any atom is -0.504 e. The second kappa shape index (κ2) is 4.96. The smallest absolute Gasteiger partial charge is 0.203 e. The molecule has 0 aliphatic rings. The lowest BCUT2D eigenvalue weighted by Crippen LogP contribution is -1.98. The van der Waals surface area contributed by atoms with E-state index in [1.54, 1.807) is 6.07 Å². The summed E-state index contributed by atoms with van der Waals surface area (Å²) in [5.74, 6) is 0.820. The number of aromatic hydroxyl groups is 1. The van der Waals surface area contributed by atoms with Gasteiger partial charge in [-0.2, -0.15) is 0 Å².